The highest BCUT2D eigenvalue weighted by atomic mass is 31.2. The van der Waals surface area contributed by atoms with E-state index in [0.717, 1.165) is 70.6 Å². The summed E-state index contributed by atoms with van der Waals surface area (Å²) in [4.78, 5) is 23.4. The molecule has 0 heterocycles. The fraction of sp³-hybridized carbons (Fsp3) is 0.929. The van der Waals surface area contributed by atoms with Crippen molar-refractivity contribution >= 4 is 13.7 Å². The normalized spacial score (nSPS) is 24.2. The van der Waals surface area contributed by atoms with E-state index in [2.05, 4.69) is 31.3 Å². The van der Waals surface area contributed by atoms with Crippen molar-refractivity contribution in [1.29, 1.82) is 0 Å². The Balaban J connectivity index is 2.49. The lowest BCUT2D eigenvalue weighted by Crippen LogP contribution is -2.64. The van der Waals surface area contributed by atoms with Gasteiger partial charge in [0.2, 0.25) is 5.91 Å². The van der Waals surface area contributed by atoms with Gasteiger partial charge in [-0.1, -0.05) is 154 Å². The number of hydrogen-bond acceptors (Lipinski definition) is 11. The summed E-state index contributed by atoms with van der Waals surface area (Å²) >= 11 is 0. The van der Waals surface area contributed by atoms with Gasteiger partial charge < -0.3 is 46.0 Å². The molecule has 0 aromatic heterocycles. The highest BCUT2D eigenvalue weighted by Gasteiger charge is 2.51. The third-order valence-electron chi connectivity index (χ3n) is 10.9. The Bertz CT molecular complexity index is 1020. The number of unbranched alkanes of at least 4 members (excludes halogenated alkanes) is 21. The molecule has 56 heavy (non-hydrogen) atoms. The maximum Gasteiger partial charge on any atom is 0.472 e. The average Bonchev–Trinajstić information content (AvgIpc) is 3.17. The van der Waals surface area contributed by atoms with Gasteiger partial charge in [0, 0.05) is 0 Å². The van der Waals surface area contributed by atoms with E-state index >= 15 is 0 Å². The van der Waals surface area contributed by atoms with Crippen LogP contribution in [0.4, 0.5) is 0 Å². The molecule has 13 nitrogen and oxygen atoms in total. The van der Waals surface area contributed by atoms with E-state index in [9.17, 15) is 50.0 Å². The predicted octanol–water partition coefficient (Wildman–Crippen LogP) is 6.64. The molecule has 0 bridgehead atoms. The van der Waals surface area contributed by atoms with Crippen molar-refractivity contribution in [1.82, 2.24) is 5.32 Å². The van der Waals surface area contributed by atoms with Crippen LogP contribution in [0, 0.1) is 0 Å². The first-order chi connectivity index (χ1) is 26.8. The number of phosphoric acid groups is 1. The van der Waals surface area contributed by atoms with Gasteiger partial charge in [-0.3, -0.25) is 13.8 Å². The minimum Gasteiger partial charge on any atom is -0.393 e. The molecule has 0 aliphatic heterocycles. The lowest BCUT2D eigenvalue weighted by Gasteiger charge is -2.41. The number of nitrogens with one attached hydrogen (secondary N) is 1. The van der Waals surface area contributed by atoms with Crippen LogP contribution >= 0.6 is 7.82 Å². The van der Waals surface area contributed by atoms with Gasteiger partial charge in [-0.15, -0.1) is 0 Å². The summed E-state index contributed by atoms with van der Waals surface area (Å²) in [7, 11) is -5.11. The summed E-state index contributed by atoms with van der Waals surface area (Å²) in [5.41, 5.74) is 0. The molecule has 0 spiro atoms. The molecular weight excluding hydrogens is 741 g/mol. The Hall–Kier alpha value is -0.960. The van der Waals surface area contributed by atoms with Crippen LogP contribution in [0.25, 0.3) is 0 Å². The summed E-state index contributed by atoms with van der Waals surface area (Å²) in [5.74, 6) is -0.567. The number of aliphatic hydroxyl groups excluding tert-OH is 7. The van der Waals surface area contributed by atoms with E-state index in [-0.39, 0.29) is 12.8 Å². The zero-order valence-corrected chi connectivity index (χ0v) is 35.7. The second kappa shape index (κ2) is 32.8. The largest absolute Gasteiger partial charge is 0.472 e. The molecule has 1 amide bonds. The molecule has 332 valence electrons. The Morgan fingerprint density at radius 2 is 1.00 bits per heavy atom. The Kier molecular flexibility index (Phi) is 31.1. The van der Waals surface area contributed by atoms with Crippen molar-refractivity contribution in [3.8, 4) is 0 Å². The summed E-state index contributed by atoms with van der Waals surface area (Å²) in [6.07, 6.45) is 18.6. The standard InChI is InChI=1S/C42H82NO12P/c1-3-5-7-9-11-13-14-15-16-17-18-19-20-22-23-25-27-29-33(44)31-36(46)43-34(35(45)30-28-26-24-21-12-10-8-6-4-2)32-54-56(52,53)55-42-40(50)38(48)37(47)39(49)41(42)51/h17-18,33-35,37-42,44-45,47-51H,3-16,19-32H2,1-2H3,(H,43,46)(H,52,53)/b18-17-. The van der Waals surface area contributed by atoms with Crippen molar-refractivity contribution in [2.24, 2.45) is 0 Å². The number of rotatable bonds is 36. The monoisotopic (exact) mass is 824 g/mol. The van der Waals surface area contributed by atoms with E-state index in [1.807, 2.05) is 0 Å². The van der Waals surface area contributed by atoms with E-state index in [0.29, 0.717) is 12.8 Å². The van der Waals surface area contributed by atoms with E-state index in [1.165, 1.54) is 77.0 Å². The van der Waals surface area contributed by atoms with E-state index < -0.39 is 75.2 Å². The van der Waals surface area contributed by atoms with Crippen LogP contribution in [0.15, 0.2) is 12.2 Å². The van der Waals surface area contributed by atoms with Crippen LogP contribution in [0.5, 0.6) is 0 Å². The van der Waals surface area contributed by atoms with Crippen molar-refractivity contribution in [2.45, 2.75) is 242 Å². The van der Waals surface area contributed by atoms with Gasteiger partial charge in [0.15, 0.2) is 0 Å². The van der Waals surface area contributed by atoms with Crippen molar-refractivity contribution in [3.05, 3.63) is 12.2 Å². The fourth-order valence-corrected chi connectivity index (χ4v) is 8.15. The molecule has 0 aromatic rings. The highest BCUT2D eigenvalue weighted by Crippen LogP contribution is 2.47. The summed E-state index contributed by atoms with van der Waals surface area (Å²) in [5, 5.41) is 74.3. The number of phosphoric ester groups is 1. The molecule has 9 N–H and O–H groups in total. The number of carbonyl (C=O) groups is 1. The minimum atomic E-state index is -5.11. The average molecular weight is 824 g/mol. The second-order valence-corrected chi connectivity index (χ2v) is 17.5. The first-order valence-corrected chi connectivity index (χ1v) is 23.7. The lowest BCUT2D eigenvalue weighted by atomic mass is 9.85. The van der Waals surface area contributed by atoms with Crippen LogP contribution in [0.2, 0.25) is 0 Å². The fourth-order valence-electron chi connectivity index (χ4n) is 7.18. The quantitative estimate of drug-likeness (QED) is 0.0184. The Morgan fingerprint density at radius 3 is 1.46 bits per heavy atom. The third kappa shape index (κ3) is 24.8. The van der Waals surface area contributed by atoms with Gasteiger partial charge in [-0.05, 0) is 38.5 Å². The molecule has 0 radical (unpaired) electrons. The predicted molar refractivity (Wildman–Crippen MR) is 220 cm³/mol. The van der Waals surface area contributed by atoms with Crippen LogP contribution in [0.1, 0.15) is 187 Å². The number of hydrogen-bond donors (Lipinski definition) is 9. The molecule has 1 rings (SSSR count). The molecule has 0 saturated heterocycles. The maximum absolute atomic E-state index is 13.0. The third-order valence-corrected chi connectivity index (χ3v) is 11.9. The first kappa shape index (κ1) is 53.1. The maximum atomic E-state index is 13.0. The molecule has 1 aliphatic carbocycles. The molecule has 8 atom stereocenters. The number of carbonyl (C=O) groups excluding carboxylic acids is 1. The smallest absolute Gasteiger partial charge is 0.393 e. The number of aliphatic hydroxyl groups is 7. The van der Waals surface area contributed by atoms with Crippen LogP contribution in [-0.4, -0.2) is 108 Å². The summed E-state index contributed by atoms with van der Waals surface area (Å²) < 4.78 is 22.8. The van der Waals surface area contributed by atoms with Gasteiger partial charge in [0.05, 0.1) is 31.3 Å². The Labute approximate surface area is 338 Å². The van der Waals surface area contributed by atoms with Crippen molar-refractivity contribution in [3.63, 3.8) is 0 Å². The zero-order chi connectivity index (χ0) is 41.6. The molecule has 0 aromatic carbocycles. The number of allylic oxidation sites excluding steroid dienone is 2. The molecule has 1 saturated carbocycles. The van der Waals surface area contributed by atoms with Crippen LogP contribution in [0.3, 0.4) is 0 Å². The lowest BCUT2D eigenvalue weighted by molar-refractivity contribution is -0.220. The molecular formula is C42H82NO12P. The van der Waals surface area contributed by atoms with Crippen LogP contribution < -0.4 is 5.32 Å². The minimum absolute atomic E-state index is 0.225. The second-order valence-electron chi connectivity index (χ2n) is 16.1. The first-order valence-electron chi connectivity index (χ1n) is 22.2. The van der Waals surface area contributed by atoms with Gasteiger partial charge in [0.25, 0.3) is 0 Å². The molecule has 8 unspecified atom stereocenters. The van der Waals surface area contributed by atoms with E-state index in [1.54, 1.807) is 0 Å². The SMILES string of the molecule is CCCCCCCCCC/C=C\CCCCCCCC(O)CC(=O)NC(COP(=O)(O)OC1C(O)C(O)C(O)C(O)C1O)C(O)CCCCCCCCCCC. The summed E-state index contributed by atoms with van der Waals surface area (Å²) in [6, 6.07) is -1.15. The van der Waals surface area contributed by atoms with Gasteiger partial charge in [-0.2, -0.15) is 0 Å². The molecule has 14 heteroatoms. The van der Waals surface area contributed by atoms with E-state index in [4.69, 9.17) is 9.05 Å². The molecule has 1 aliphatic rings. The van der Waals surface area contributed by atoms with Crippen LogP contribution in [-0.2, 0) is 18.4 Å². The molecule has 1 fully saturated rings. The van der Waals surface area contributed by atoms with Crippen molar-refractivity contribution in [2.75, 3.05) is 6.61 Å². The topological polar surface area (TPSA) is 226 Å². The van der Waals surface area contributed by atoms with Crippen molar-refractivity contribution < 1.29 is 59.0 Å². The highest BCUT2D eigenvalue weighted by molar-refractivity contribution is 7.47. The Morgan fingerprint density at radius 1 is 0.607 bits per heavy atom. The number of amides is 1. The zero-order valence-electron chi connectivity index (χ0n) is 34.8. The van der Waals surface area contributed by atoms with Gasteiger partial charge in [0.1, 0.15) is 36.6 Å². The van der Waals surface area contributed by atoms with Gasteiger partial charge in [-0.25, -0.2) is 4.57 Å². The van der Waals surface area contributed by atoms with Gasteiger partial charge >= 0.3 is 7.82 Å². The summed E-state index contributed by atoms with van der Waals surface area (Å²) in [6.45, 7) is 3.74.